The van der Waals surface area contributed by atoms with Gasteiger partial charge in [-0.1, -0.05) is 91.0 Å². The number of piperazine rings is 1. The summed E-state index contributed by atoms with van der Waals surface area (Å²) in [7, 11) is 2.13. The number of fused-ring (bicyclic) bond motifs is 1. The molecule has 12 heteroatoms. The Morgan fingerprint density at radius 3 is 1.93 bits per heavy atom. The number of nitrogens with one attached hydrogen (secondary N) is 3. The van der Waals surface area contributed by atoms with Gasteiger partial charge in [0.2, 0.25) is 0 Å². The van der Waals surface area contributed by atoms with Gasteiger partial charge < -0.3 is 30.5 Å². The summed E-state index contributed by atoms with van der Waals surface area (Å²) in [6.07, 6.45) is 3.26. The number of carbonyl (C=O) groups is 1. The molecule has 4 heterocycles. The zero-order chi connectivity index (χ0) is 41.1. The van der Waals surface area contributed by atoms with Crippen molar-refractivity contribution in [1.29, 1.82) is 0 Å². The quantitative estimate of drug-likeness (QED) is 0.112. The van der Waals surface area contributed by atoms with Crippen LogP contribution in [0.2, 0.25) is 0 Å². The van der Waals surface area contributed by atoms with Gasteiger partial charge in [-0.05, 0) is 73.0 Å². The molecule has 0 radical (unpaired) electrons. The molecule has 5 aromatic carbocycles. The van der Waals surface area contributed by atoms with Gasteiger partial charge in [-0.2, -0.15) is 5.10 Å². The van der Waals surface area contributed by atoms with Gasteiger partial charge in [0, 0.05) is 68.6 Å². The summed E-state index contributed by atoms with van der Waals surface area (Å²) >= 11 is 0. The van der Waals surface area contributed by atoms with Crippen molar-refractivity contribution in [2.24, 2.45) is 0 Å². The van der Waals surface area contributed by atoms with E-state index >= 15 is 0 Å². The highest BCUT2D eigenvalue weighted by molar-refractivity contribution is 6.11. The molecule has 9 rings (SSSR count). The Hall–Kier alpha value is -6.63. The Morgan fingerprint density at radius 1 is 0.733 bits per heavy atom. The fourth-order valence-electron chi connectivity index (χ4n) is 8.44. The van der Waals surface area contributed by atoms with E-state index in [2.05, 4.69) is 75.3 Å². The van der Waals surface area contributed by atoms with E-state index in [1.807, 2.05) is 71.4 Å². The van der Waals surface area contributed by atoms with Crippen LogP contribution >= 0.6 is 0 Å². The van der Waals surface area contributed by atoms with Crippen LogP contribution in [0, 0.1) is 11.6 Å². The molecule has 0 unspecified atom stereocenters. The lowest BCUT2D eigenvalue weighted by molar-refractivity contribution is 0.0904. The summed E-state index contributed by atoms with van der Waals surface area (Å²) in [6, 6.07) is 41.5. The second-order valence-electron chi connectivity index (χ2n) is 15.5. The Balaban J connectivity index is 1.20. The normalized spacial score (nSPS) is 15.2. The summed E-state index contributed by atoms with van der Waals surface area (Å²) in [4.78, 5) is 24.5. The lowest BCUT2D eigenvalue weighted by atomic mass is 9.77. The zero-order valence-electron chi connectivity index (χ0n) is 33.3. The average molecular weight is 805 g/mol. The number of carbonyl (C=O) groups excluding carboxylic acids is 1. The number of hydrogen-bond acceptors (Lipinski definition) is 8. The van der Waals surface area contributed by atoms with Crippen LogP contribution in [-0.4, -0.2) is 78.1 Å². The van der Waals surface area contributed by atoms with E-state index in [0.717, 1.165) is 73.2 Å². The van der Waals surface area contributed by atoms with E-state index in [4.69, 9.17) is 14.8 Å². The monoisotopic (exact) mass is 804 g/mol. The first-order chi connectivity index (χ1) is 29.3. The third-order valence-corrected chi connectivity index (χ3v) is 11.5. The van der Waals surface area contributed by atoms with Crippen molar-refractivity contribution in [3.05, 3.63) is 174 Å². The van der Waals surface area contributed by atoms with E-state index < -0.39 is 17.2 Å². The van der Waals surface area contributed by atoms with E-state index in [0.29, 0.717) is 35.5 Å². The van der Waals surface area contributed by atoms with Crippen LogP contribution in [-0.2, 0) is 10.3 Å². The SMILES string of the molecule is CN1CCN(c2ccc(C(=O)Nc3nn(C(c4ccccc4)(c4ccccc4)c4ccccc4)c4ncc(Nc5cc(F)cc(F)c5)cc34)c(NC3CCOCC3)c2)CC1. The summed E-state index contributed by atoms with van der Waals surface area (Å²) in [6.45, 7) is 4.99. The molecule has 0 spiro atoms. The van der Waals surface area contributed by atoms with E-state index in [-0.39, 0.29) is 23.5 Å². The van der Waals surface area contributed by atoms with Gasteiger partial charge in [0.15, 0.2) is 11.5 Å². The molecule has 304 valence electrons. The molecule has 7 aromatic rings. The van der Waals surface area contributed by atoms with Crippen LogP contribution in [0.1, 0.15) is 39.9 Å². The summed E-state index contributed by atoms with van der Waals surface area (Å²) in [5.41, 5.74) is 5.11. The van der Waals surface area contributed by atoms with Gasteiger partial charge in [0.25, 0.3) is 5.91 Å². The van der Waals surface area contributed by atoms with E-state index in [9.17, 15) is 13.6 Å². The number of halogens is 2. The second-order valence-corrected chi connectivity index (χ2v) is 15.5. The number of benzene rings is 5. The minimum Gasteiger partial charge on any atom is -0.381 e. The molecule has 2 aliphatic rings. The molecule has 2 aliphatic heterocycles. The molecule has 2 fully saturated rings. The first-order valence-corrected chi connectivity index (χ1v) is 20.4. The molecular formula is C48H46F2N8O2. The highest BCUT2D eigenvalue weighted by Gasteiger charge is 2.41. The predicted molar refractivity (Wildman–Crippen MR) is 233 cm³/mol. The summed E-state index contributed by atoms with van der Waals surface area (Å²) < 4.78 is 36.2. The second kappa shape index (κ2) is 16.9. The van der Waals surface area contributed by atoms with Gasteiger partial charge in [-0.15, -0.1) is 0 Å². The highest BCUT2D eigenvalue weighted by Crippen LogP contribution is 2.43. The molecule has 60 heavy (non-hydrogen) atoms. The number of rotatable bonds is 11. The van der Waals surface area contributed by atoms with Crippen molar-refractivity contribution >= 4 is 45.5 Å². The minimum absolute atomic E-state index is 0.141. The van der Waals surface area contributed by atoms with Crippen molar-refractivity contribution in [3.8, 4) is 0 Å². The smallest absolute Gasteiger partial charge is 0.258 e. The fourth-order valence-corrected chi connectivity index (χ4v) is 8.44. The van der Waals surface area contributed by atoms with Crippen molar-refractivity contribution < 1.29 is 18.3 Å². The molecular weight excluding hydrogens is 759 g/mol. The maximum atomic E-state index is 14.8. The van der Waals surface area contributed by atoms with Crippen molar-refractivity contribution in [3.63, 3.8) is 0 Å². The van der Waals surface area contributed by atoms with Crippen LogP contribution in [0.5, 0.6) is 0 Å². The number of likely N-dealkylation sites (N-methyl/N-ethyl adjacent to an activating group) is 1. The van der Waals surface area contributed by atoms with Crippen molar-refractivity contribution in [2.45, 2.75) is 24.4 Å². The van der Waals surface area contributed by atoms with Gasteiger partial charge >= 0.3 is 0 Å². The number of aromatic nitrogens is 3. The average Bonchev–Trinajstić information content (AvgIpc) is 3.62. The molecule has 2 saturated heterocycles. The molecule has 0 aliphatic carbocycles. The number of anilines is 5. The Morgan fingerprint density at radius 2 is 1.33 bits per heavy atom. The number of ether oxygens (including phenoxy) is 1. The largest absolute Gasteiger partial charge is 0.381 e. The molecule has 2 aromatic heterocycles. The van der Waals surface area contributed by atoms with E-state index in [1.54, 1.807) is 12.3 Å². The van der Waals surface area contributed by atoms with Gasteiger partial charge in [0.1, 0.15) is 17.2 Å². The molecule has 0 atom stereocenters. The molecule has 10 nitrogen and oxygen atoms in total. The Labute approximate surface area is 347 Å². The number of hydrogen-bond donors (Lipinski definition) is 3. The molecule has 0 saturated carbocycles. The number of amides is 1. The Bertz CT molecular complexity index is 2480. The lowest BCUT2D eigenvalue weighted by Crippen LogP contribution is -2.44. The third kappa shape index (κ3) is 7.79. The highest BCUT2D eigenvalue weighted by atomic mass is 19.1. The van der Waals surface area contributed by atoms with Gasteiger partial charge in [-0.25, -0.2) is 18.4 Å². The minimum atomic E-state index is -1.06. The number of pyridine rings is 1. The maximum absolute atomic E-state index is 14.8. The van der Waals surface area contributed by atoms with Crippen LogP contribution in [0.3, 0.4) is 0 Å². The topological polar surface area (TPSA) is 99.6 Å². The van der Waals surface area contributed by atoms with E-state index in [1.165, 1.54) is 12.1 Å². The van der Waals surface area contributed by atoms with Crippen LogP contribution in [0.4, 0.5) is 37.3 Å². The maximum Gasteiger partial charge on any atom is 0.258 e. The zero-order valence-corrected chi connectivity index (χ0v) is 33.3. The fraction of sp³-hybridized carbons (Fsp3) is 0.229. The van der Waals surface area contributed by atoms with Gasteiger partial charge in [0.05, 0.1) is 22.8 Å². The lowest BCUT2D eigenvalue weighted by Gasteiger charge is -2.36. The van der Waals surface area contributed by atoms with Crippen LogP contribution in [0.15, 0.2) is 140 Å². The molecule has 3 N–H and O–H groups in total. The number of nitrogens with zero attached hydrogens (tertiary/aromatic N) is 5. The molecule has 1 amide bonds. The summed E-state index contributed by atoms with van der Waals surface area (Å²) in [5, 5.41) is 15.8. The predicted octanol–water partition coefficient (Wildman–Crippen LogP) is 8.89. The summed E-state index contributed by atoms with van der Waals surface area (Å²) in [5.74, 6) is -1.51. The molecule has 0 bridgehead atoms. The van der Waals surface area contributed by atoms with Crippen LogP contribution < -0.4 is 20.9 Å². The Kier molecular flexibility index (Phi) is 11.0. The standard InChI is InChI=1S/C48H46F2N8O2/c1-56-21-23-57(24-22-56)41-17-18-42(44(31-41)53-38-19-25-60-26-20-38)47(59)54-45-43-30-40(52-39-28-36(49)27-37(50)29-39)32-51-46(43)58(55-45)48(33-11-5-2-6-12-33,34-13-7-3-8-14-34)35-15-9-4-10-16-35/h2-18,27-32,38,52-53H,19-26H2,1H3,(H,54,55,59). The van der Waals surface area contributed by atoms with Crippen LogP contribution in [0.25, 0.3) is 11.0 Å². The third-order valence-electron chi connectivity index (χ3n) is 11.5. The first kappa shape index (κ1) is 38.9. The van der Waals surface area contributed by atoms with Crippen molar-refractivity contribution in [1.82, 2.24) is 19.7 Å². The van der Waals surface area contributed by atoms with Gasteiger partial charge in [-0.3, -0.25) is 4.79 Å². The first-order valence-electron chi connectivity index (χ1n) is 20.4. The van der Waals surface area contributed by atoms with Crippen molar-refractivity contribution in [2.75, 3.05) is 67.3 Å².